The van der Waals surface area contributed by atoms with E-state index in [2.05, 4.69) is 17.6 Å². The van der Waals surface area contributed by atoms with Crippen molar-refractivity contribution in [3.63, 3.8) is 0 Å². The molecule has 4 nitrogen and oxygen atoms in total. The first-order chi connectivity index (χ1) is 12.3. The highest BCUT2D eigenvalue weighted by Gasteiger charge is 2.22. The van der Waals surface area contributed by atoms with Crippen molar-refractivity contribution >= 4 is 22.5 Å². The Balaban J connectivity index is 2.09. The molecule has 122 valence electrons. The molecule has 4 heteroatoms. The Morgan fingerprint density at radius 1 is 1.04 bits per heavy atom. The van der Waals surface area contributed by atoms with Gasteiger partial charge in [0.25, 0.3) is 0 Å². The maximum atomic E-state index is 13.1. The Morgan fingerprint density at radius 2 is 1.72 bits per heavy atom. The first-order valence-electron chi connectivity index (χ1n) is 8.38. The topological polar surface area (TPSA) is 50.2 Å². The van der Waals surface area contributed by atoms with Gasteiger partial charge in [-0.2, -0.15) is 5.26 Å². The average Bonchev–Trinajstić information content (AvgIpc) is 3.19. The summed E-state index contributed by atoms with van der Waals surface area (Å²) < 4.78 is 4.06. The highest BCUT2D eigenvalue weighted by Crippen LogP contribution is 2.28. The number of carbonyl (C=O) groups excluding carboxylic acids is 1. The van der Waals surface area contributed by atoms with Crippen LogP contribution in [0.25, 0.3) is 16.7 Å². The lowest BCUT2D eigenvalue weighted by molar-refractivity contribution is 0.103. The third-order valence-electron chi connectivity index (χ3n) is 4.48. The molecule has 0 radical (unpaired) electrons. The summed E-state index contributed by atoms with van der Waals surface area (Å²) in [5.41, 5.74) is 4.47. The van der Waals surface area contributed by atoms with Gasteiger partial charge >= 0.3 is 0 Å². The van der Waals surface area contributed by atoms with Gasteiger partial charge in [0.15, 0.2) is 0 Å². The van der Waals surface area contributed by atoms with Crippen LogP contribution in [-0.4, -0.2) is 14.8 Å². The van der Waals surface area contributed by atoms with E-state index in [4.69, 9.17) is 0 Å². The first-order valence-corrected chi connectivity index (χ1v) is 8.38. The molecule has 4 rings (SSSR count). The number of benzene rings is 2. The fourth-order valence-electron chi connectivity index (χ4n) is 3.44. The van der Waals surface area contributed by atoms with Gasteiger partial charge < -0.3 is 4.57 Å². The van der Waals surface area contributed by atoms with E-state index in [0.717, 1.165) is 29.6 Å². The second kappa shape index (κ2) is 5.95. The first kappa shape index (κ1) is 15.2. The van der Waals surface area contributed by atoms with Crippen molar-refractivity contribution in [1.82, 2.24) is 8.97 Å². The van der Waals surface area contributed by atoms with Gasteiger partial charge in [-0.25, -0.2) is 0 Å². The van der Waals surface area contributed by atoms with Crippen molar-refractivity contribution in [2.45, 2.75) is 19.9 Å². The number of hydrogen-bond donors (Lipinski definition) is 0. The Bertz CT molecular complexity index is 1130. The van der Waals surface area contributed by atoms with Crippen molar-refractivity contribution in [2.75, 3.05) is 0 Å². The molecule has 0 atom stereocenters. The number of hydrogen-bond acceptors (Lipinski definition) is 2. The number of aromatic nitrogens is 2. The molecule has 0 aliphatic carbocycles. The Morgan fingerprint density at radius 3 is 2.40 bits per heavy atom. The van der Waals surface area contributed by atoms with Crippen LogP contribution in [0.2, 0.25) is 0 Å². The number of nitriles is 1. The lowest BCUT2D eigenvalue weighted by Crippen LogP contribution is -2.04. The molecule has 0 aliphatic rings. The van der Waals surface area contributed by atoms with Crippen LogP contribution in [0.5, 0.6) is 0 Å². The molecule has 2 aromatic carbocycles. The summed E-state index contributed by atoms with van der Waals surface area (Å²) in [4.78, 5) is 13.1. The van der Waals surface area contributed by atoms with E-state index < -0.39 is 0 Å². The monoisotopic (exact) mass is 327 g/mol. The van der Waals surface area contributed by atoms with Crippen LogP contribution in [0.15, 0.2) is 60.7 Å². The van der Waals surface area contributed by atoms with Gasteiger partial charge in [0.05, 0.1) is 22.3 Å². The van der Waals surface area contributed by atoms with Gasteiger partial charge in [0.2, 0.25) is 5.78 Å². The zero-order valence-corrected chi connectivity index (χ0v) is 13.9. The number of imidazole rings is 1. The smallest absolute Gasteiger partial charge is 0.209 e. The van der Waals surface area contributed by atoms with Gasteiger partial charge in [-0.05, 0) is 24.6 Å². The Kier molecular flexibility index (Phi) is 3.62. The molecule has 0 N–H and O–H groups in total. The number of carbonyl (C=O) groups is 1. The van der Waals surface area contributed by atoms with Gasteiger partial charge in [-0.3, -0.25) is 9.20 Å². The Hall–Kier alpha value is -3.32. The molecular formula is C21H17N3O. The second-order valence-electron chi connectivity index (χ2n) is 6.05. The number of ketones is 1. The summed E-state index contributed by atoms with van der Waals surface area (Å²) in [6.45, 7) is 2.91. The Labute approximate surface area is 145 Å². The lowest BCUT2D eigenvalue weighted by atomic mass is 10.1. The number of aryl methyl sites for hydroxylation is 1. The third-order valence-corrected chi connectivity index (χ3v) is 4.48. The maximum absolute atomic E-state index is 13.1. The van der Waals surface area contributed by atoms with Crippen LogP contribution in [0.1, 0.15) is 35.0 Å². The number of fused-ring (bicyclic) bond motifs is 3. The summed E-state index contributed by atoms with van der Waals surface area (Å²) in [6, 6.07) is 21.2. The molecular weight excluding hydrogens is 310 g/mol. The molecule has 0 unspecified atom stereocenters. The van der Waals surface area contributed by atoms with Crippen LogP contribution in [0, 0.1) is 11.3 Å². The summed E-state index contributed by atoms with van der Waals surface area (Å²) in [5, 5.41) is 9.63. The molecule has 0 aliphatic heterocycles. The molecule has 4 aromatic rings. The highest BCUT2D eigenvalue weighted by atomic mass is 16.1. The van der Waals surface area contributed by atoms with Gasteiger partial charge in [0.1, 0.15) is 11.7 Å². The van der Waals surface area contributed by atoms with E-state index in [1.54, 1.807) is 18.2 Å². The predicted molar refractivity (Wildman–Crippen MR) is 97.8 cm³/mol. The SMILES string of the molecule is CCCn1c2ccccc2n2c(C(=O)c3ccccc3)cc(C#N)c12. The van der Waals surface area contributed by atoms with Crippen molar-refractivity contribution in [2.24, 2.45) is 0 Å². The normalized spacial score (nSPS) is 11.0. The fraction of sp³-hybridized carbons (Fsp3) is 0.143. The van der Waals surface area contributed by atoms with Crippen molar-refractivity contribution < 1.29 is 4.79 Å². The van der Waals surface area contributed by atoms with Crippen LogP contribution in [-0.2, 0) is 6.54 Å². The third kappa shape index (κ3) is 2.25. The number of rotatable bonds is 4. The molecule has 0 bridgehead atoms. The standard InChI is InChI=1S/C21H17N3O/c1-2-12-23-17-10-6-7-11-18(17)24-19(13-16(14-22)21(23)24)20(25)15-8-4-3-5-9-15/h3-11,13H,2,12H2,1H3. The lowest BCUT2D eigenvalue weighted by Gasteiger charge is -2.02. The zero-order chi connectivity index (χ0) is 17.4. The molecule has 0 fully saturated rings. The molecule has 25 heavy (non-hydrogen) atoms. The molecule has 0 amide bonds. The van der Waals surface area contributed by atoms with Crippen LogP contribution in [0.3, 0.4) is 0 Å². The minimum absolute atomic E-state index is 0.0727. The molecule has 2 aromatic heterocycles. The maximum Gasteiger partial charge on any atom is 0.209 e. The van der Waals surface area contributed by atoms with E-state index in [0.29, 0.717) is 16.8 Å². The van der Waals surface area contributed by atoms with Gasteiger partial charge in [-0.15, -0.1) is 0 Å². The van der Waals surface area contributed by atoms with Gasteiger partial charge in [0, 0.05) is 12.1 Å². The van der Waals surface area contributed by atoms with E-state index in [1.807, 2.05) is 46.9 Å². The predicted octanol–water partition coefficient (Wildman–Crippen LogP) is 4.41. The quantitative estimate of drug-likeness (QED) is 0.521. The summed E-state index contributed by atoms with van der Waals surface area (Å²) >= 11 is 0. The summed E-state index contributed by atoms with van der Waals surface area (Å²) in [7, 11) is 0. The van der Waals surface area contributed by atoms with E-state index in [-0.39, 0.29) is 5.78 Å². The van der Waals surface area contributed by atoms with Crippen LogP contribution in [0.4, 0.5) is 0 Å². The minimum atomic E-state index is -0.0727. The van der Waals surface area contributed by atoms with E-state index >= 15 is 0 Å². The van der Waals surface area contributed by atoms with Gasteiger partial charge in [-0.1, -0.05) is 49.4 Å². The molecule has 2 heterocycles. The number of nitrogens with zero attached hydrogens (tertiary/aromatic N) is 3. The van der Waals surface area contributed by atoms with E-state index in [9.17, 15) is 10.1 Å². The largest absolute Gasteiger partial charge is 0.325 e. The van der Waals surface area contributed by atoms with Crippen molar-refractivity contribution in [3.05, 3.63) is 77.5 Å². The molecule has 0 saturated heterocycles. The van der Waals surface area contributed by atoms with Crippen LogP contribution >= 0.6 is 0 Å². The van der Waals surface area contributed by atoms with Crippen molar-refractivity contribution in [1.29, 1.82) is 5.26 Å². The minimum Gasteiger partial charge on any atom is -0.325 e. The fourth-order valence-corrected chi connectivity index (χ4v) is 3.44. The summed E-state index contributed by atoms with van der Waals surface area (Å²) in [6.07, 6.45) is 0.951. The highest BCUT2D eigenvalue weighted by molar-refractivity contribution is 6.10. The summed E-state index contributed by atoms with van der Waals surface area (Å²) in [5.74, 6) is -0.0727. The zero-order valence-electron chi connectivity index (χ0n) is 13.9. The molecule has 0 saturated carbocycles. The van der Waals surface area contributed by atoms with Crippen molar-refractivity contribution in [3.8, 4) is 6.07 Å². The average molecular weight is 327 g/mol. The number of para-hydroxylation sites is 2. The van der Waals surface area contributed by atoms with E-state index in [1.165, 1.54) is 0 Å². The second-order valence-corrected chi connectivity index (χ2v) is 6.05. The molecule has 0 spiro atoms. The van der Waals surface area contributed by atoms with Crippen LogP contribution < -0.4 is 0 Å².